The molecule has 0 saturated carbocycles. The monoisotopic (exact) mass is 271 g/mol. The summed E-state index contributed by atoms with van der Waals surface area (Å²) >= 11 is 0. The van der Waals surface area contributed by atoms with E-state index in [9.17, 15) is 9.59 Å². The van der Waals surface area contributed by atoms with Crippen LogP contribution in [0.1, 0.15) is 13.3 Å². The minimum atomic E-state index is -0.883. The van der Waals surface area contributed by atoms with Gasteiger partial charge in [-0.25, -0.2) is 4.79 Å². The van der Waals surface area contributed by atoms with Crippen LogP contribution < -0.4 is 5.73 Å². The van der Waals surface area contributed by atoms with E-state index in [2.05, 4.69) is 0 Å². The zero-order valence-electron chi connectivity index (χ0n) is 11.3. The third-order valence-corrected chi connectivity index (χ3v) is 3.57. The number of hydrogen-bond donors (Lipinski definition) is 1. The average Bonchev–Trinajstić information content (AvgIpc) is 2.86. The number of carbonyl (C=O) groups excluding carboxylic acids is 2. The highest BCUT2D eigenvalue weighted by Gasteiger charge is 2.42. The van der Waals surface area contributed by atoms with Gasteiger partial charge in [0.05, 0.1) is 13.2 Å². The van der Waals surface area contributed by atoms with E-state index in [4.69, 9.17) is 15.2 Å². The Morgan fingerprint density at radius 1 is 1.26 bits per heavy atom. The minimum Gasteiger partial charge on any atom is -0.450 e. The van der Waals surface area contributed by atoms with E-state index in [0.29, 0.717) is 45.8 Å². The Morgan fingerprint density at radius 2 is 1.89 bits per heavy atom. The number of piperazine rings is 1. The molecule has 0 spiro atoms. The molecule has 2 rings (SSSR count). The third-order valence-electron chi connectivity index (χ3n) is 3.57. The van der Waals surface area contributed by atoms with Crippen molar-refractivity contribution in [2.75, 3.05) is 46.0 Å². The Hall–Kier alpha value is -1.34. The molecule has 19 heavy (non-hydrogen) atoms. The second-order valence-electron chi connectivity index (χ2n) is 4.94. The molecule has 1 atom stereocenters. The largest absolute Gasteiger partial charge is 0.450 e. The standard InChI is InChI=1S/C12H21N3O4/c1-2-19-11(17)15-6-4-14(5-7-15)10(16)12(13)3-8-18-9-12/h2-9,13H2,1H3. The van der Waals surface area contributed by atoms with Crippen LogP contribution in [-0.2, 0) is 14.3 Å². The number of amides is 2. The summed E-state index contributed by atoms with van der Waals surface area (Å²) < 4.78 is 10.1. The lowest BCUT2D eigenvalue weighted by Gasteiger charge is -2.37. The number of ether oxygens (including phenoxy) is 2. The summed E-state index contributed by atoms with van der Waals surface area (Å²) in [6.45, 7) is 4.92. The van der Waals surface area contributed by atoms with Crippen molar-refractivity contribution < 1.29 is 19.1 Å². The van der Waals surface area contributed by atoms with Gasteiger partial charge in [-0.2, -0.15) is 0 Å². The molecule has 0 aromatic rings. The van der Waals surface area contributed by atoms with Gasteiger partial charge < -0.3 is 25.0 Å². The molecule has 0 bridgehead atoms. The summed E-state index contributed by atoms with van der Waals surface area (Å²) in [5, 5.41) is 0. The van der Waals surface area contributed by atoms with Gasteiger partial charge in [-0.05, 0) is 13.3 Å². The van der Waals surface area contributed by atoms with Crippen molar-refractivity contribution in [1.29, 1.82) is 0 Å². The first-order valence-electron chi connectivity index (χ1n) is 6.64. The van der Waals surface area contributed by atoms with Gasteiger partial charge in [-0.3, -0.25) is 4.79 Å². The predicted molar refractivity (Wildman–Crippen MR) is 67.5 cm³/mol. The zero-order chi connectivity index (χ0) is 13.9. The molecule has 2 heterocycles. The van der Waals surface area contributed by atoms with Gasteiger partial charge in [0, 0.05) is 32.8 Å². The van der Waals surface area contributed by atoms with Crippen molar-refractivity contribution in [2.24, 2.45) is 5.73 Å². The normalized spacial score (nSPS) is 27.5. The first-order chi connectivity index (χ1) is 9.07. The molecule has 2 N–H and O–H groups in total. The van der Waals surface area contributed by atoms with Gasteiger partial charge in [0.25, 0.3) is 0 Å². The van der Waals surface area contributed by atoms with E-state index in [1.54, 1.807) is 16.7 Å². The maximum atomic E-state index is 12.3. The zero-order valence-corrected chi connectivity index (χ0v) is 11.3. The van der Waals surface area contributed by atoms with Crippen molar-refractivity contribution >= 4 is 12.0 Å². The Morgan fingerprint density at radius 3 is 2.42 bits per heavy atom. The van der Waals surface area contributed by atoms with Gasteiger partial charge in [0.2, 0.25) is 5.91 Å². The van der Waals surface area contributed by atoms with Crippen molar-refractivity contribution in [3.05, 3.63) is 0 Å². The van der Waals surface area contributed by atoms with Crippen molar-refractivity contribution in [2.45, 2.75) is 18.9 Å². The molecule has 2 fully saturated rings. The Bertz CT molecular complexity index is 347. The van der Waals surface area contributed by atoms with Crippen LogP contribution in [0.2, 0.25) is 0 Å². The molecule has 0 radical (unpaired) electrons. The number of nitrogens with two attached hydrogens (primary N) is 1. The topological polar surface area (TPSA) is 85.1 Å². The van der Waals surface area contributed by atoms with Gasteiger partial charge >= 0.3 is 6.09 Å². The molecule has 0 aliphatic carbocycles. The summed E-state index contributed by atoms with van der Waals surface area (Å²) in [5.41, 5.74) is 5.17. The molecule has 1 unspecified atom stereocenters. The van der Waals surface area contributed by atoms with E-state index in [1.165, 1.54) is 0 Å². The van der Waals surface area contributed by atoms with Crippen LogP contribution >= 0.6 is 0 Å². The molecule has 2 amide bonds. The fourth-order valence-electron chi connectivity index (χ4n) is 2.37. The van der Waals surface area contributed by atoms with Crippen LogP contribution in [-0.4, -0.2) is 73.3 Å². The SMILES string of the molecule is CCOC(=O)N1CCN(C(=O)C2(N)CCOC2)CC1. The van der Waals surface area contributed by atoms with Crippen LogP contribution in [0, 0.1) is 0 Å². The van der Waals surface area contributed by atoms with Crippen molar-refractivity contribution in [3.8, 4) is 0 Å². The maximum absolute atomic E-state index is 12.3. The summed E-state index contributed by atoms with van der Waals surface area (Å²) in [6, 6.07) is 0. The van der Waals surface area contributed by atoms with Gasteiger partial charge in [0.1, 0.15) is 5.54 Å². The Kier molecular flexibility index (Phi) is 4.26. The second kappa shape index (κ2) is 5.75. The number of rotatable bonds is 2. The van der Waals surface area contributed by atoms with Crippen LogP contribution in [0.15, 0.2) is 0 Å². The molecule has 7 nitrogen and oxygen atoms in total. The van der Waals surface area contributed by atoms with Crippen LogP contribution in [0.4, 0.5) is 4.79 Å². The number of hydrogen-bond acceptors (Lipinski definition) is 5. The molecule has 2 saturated heterocycles. The number of carbonyl (C=O) groups is 2. The van der Waals surface area contributed by atoms with E-state index < -0.39 is 5.54 Å². The summed E-state index contributed by atoms with van der Waals surface area (Å²) in [4.78, 5) is 27.2. The lowest BCUT2D eigenvalue weighted by molar-refractivity contribution is -0.138. The Labute approximate surface area is 112 Å². The average molecular weight is 271 g/mol. The van der Waals surface area contributed by atoms with Gasteiger partial charge in [-0.15, -0.1) is 0 Å². The van der Waals surface area contributed by atoms with Gasteiger partial charge in [0.15, 0.2) is 0 Å². The van der Waals surface area contributed by atoms with Gasteiger partial charge in [-0.1, -0.05) is 0 Å². The lowest BCUT2D eigenvalue weighted by Crippen LogP contribution is -2.60. The molecule has 108 valence electrons. The molecular weight excluding hydrogens is 250 g/mol. The lowest BCUT2D eigenvalue weighted by atomic mass is 9.98. The highest BCUT2D eigenvalue weighted by Crippen LogP contribution is 2.19. The fourth-order valence-corrected chi connectivity index (χ4v) is 2.37. The summed E-state index contributed by atoms with van der Waals surface area (Å²) in [6.07, 6.45) is 0.241. The molecule has 7 heteroatoms. The fraction of sp³-hybridized carbons (Fsp3) is 0.833. The summed E-state index contributed by atoms with van der Waals surface area (Å²) in [5.74, 6) is -0.0755. The van der Waals surface area contributed by atoms with Crippen LogP contribution in [0.3, 0.4) is 0 Å². The smallest absolute Gasteiger partial charge is 0.409 e. The minimum absolute atomic E-state index is 0.0755. The Balaban J connectivity index is 1.86. The van der Waals surface area contributed by atoms with Crippen LogP contribution in [0.5, 0.6) is 0 Å². The van der Waals surface area contributed by atoms with Crippen molar-refractivity contribution in [3.63, 3.8) is 0 Å². The molecule has 0 aromatic carbocycles. The predicted octanol–water partition coefficient (Wildman–Crippen LogP) is -0.595. The first kappa shape index (κ1) is 14.1. The number of nitrogens with zero attached hydrogens (tertiary/aromatic N) is 2. The third kappa shape index (κ3) is 2.98. The summed E-state index contributed by atoms with van der Waals surface area (Å²) in [7, 11) is 0. The first-order valence-corrected chi connectivity index (χ1v) is 6.64. The van der Waals surface area contributed by atoms with E-state index in [1.807, 2.05) is 0 Å². The quantitative estimate of drug-likeness (QED) is 0.725. The maximum Gasteiger partial charge on any atom is 0.409 e. The highest BCUT2D eigenvalue weighted by atomic mass is 16.6. The van der Waals surface area contributed by atoms with Crippen molar-refractivity contribution in [1.82, 2.24) is 9.80 Å². The van der Waals surface area contributed by atoms with E-state index in [0.717, 1.165) is 0 Å². The molecular formula is C12H21N3O4. The second-order valence-corrected chi connectivity index (χ2v) is 4.94. The molecule has 2 aliphatic rings. The highest BCUT2D eigenvalue weighted by molar-refractivity contribution is 5.87. The molecule has 0 aromatic heterocycles. The van der Waals surface area contributed by atoms with Crippen LogP contribution in [0.25, 0.3) is 0 Å². The van der Waals surface area contributed by atoms with E-state index in [-0.39, 0.29) is 18.6 Å². The van der Waals surface area contributed by atoms with E-state index >= 15 is 0 Å². The molecule has 2 aliphatic heterocycles.